The monoisotopic (exact) mass is 390 g/mol. The zero-order valence-electron chi connectivity index (χ0n) is 17.0. The molecule has 0 atom stereocenters. The minimum atomic E-state index is -0.0944. The van der Waals surface area contributed by atoms with Crippen molar-refractivity contribution in [2.45, 2.75) is 26.8 Å². The summed E-state index contributed by atoms with van der Waals surface area (Å²) in [6.07, 6.45) is 1.85. The molecule has 6 heteroatoms. The van der Waals surface area contributed by atoms with Crippen LogP contribution in [0, 0.1) is 13.8 Å². The van der Waals surface area contributed by atoms with Crippen molar-refractivity contribution in [2.75, 3.05) is 31.1 Å². The second kappa shape index (κ2) is 8.07. The number of hydrogen-bond donors (Lipinski definition) is 0. The third kappa shape index (κ3) is 4.01. The maximum absolute atomic E-state index is 12.7. The number of anilines is 1. The van der Waals surface area contributed by atoms with E-state index in [1.807, 2.05) is 23.1 Å². The quantitative estimate of drug-likeness (QED) is 0.687. The lowest BCUT2D eigenvalue weighted by molar-refractivity contribution is -0.131. The fourth-order valence-corrected chi connectivity index (χ4v) is 4.00. The topological polar surface area (TPSA) is 58.4 Å². The van der Waals surface area contributed by atoms with Crippen molar-refractivity contribution in [3.63, 3.8) is 0 Å². The minimum absolute atomic E-state index is 0.0883. The summed E-state index contributed by atoms with van der Waals surface area (Å²) >= 11 is 0. The van der Waals surface area contributed by atoms with Crippen LogP contribution in [0.2, 0.25) is 0 Å². The molecule has 150 valence electrons. The third-order valence-electron chi connectivity index (χ3n) is 5.62. The van der Waals surface area contributed by atoms with Gasteiger partial charge in [-0.05, 0) is 37.6 Å². The number of fused-ring (bicyclic) bond motifs is 1. The van der Waals surface area contributed by atoms with E-state index in [0.29, 0.717) is 37.0 Å². The Labute approximate surface area is 170 Å². The van der Waals surface area contributed by atoms with Gasteiger partial charge in [0.25, 0.3) is 5.56 Å². The van der Waals surface area contributed by atoms with Gasteiger partial charge in [-0.3, -0.25) is 14.2 Å². The number of rotatable bonds is 4. The first-order valence-corrected chi connectivity index (χ1v) is 10.1. The van der Waals surface area contributed by atoms with E-state index in [-0.39, 0.29) is 11.5 Å². The van der Waals surface area contributed by atoms with Gasteiger partial charge in [0.2, 0.25) is 5.91 Å². The first kappa shape index (κ1) is 19.2. The molecule has 4 rings (SSSR count). The van der Waals surface area contributed by atoms with Crippen molar-refractivity contribution in [3.8, 4) is 0 Å². The van der Waals surface area contributed by atoms with Crippen LogP contribution >= 0.6 is 0 Å². The van der Waals surface area contributed by atoms with Crippen LogP contribution in [-0.2, 0) is 11.3 Å². The minimum Gasteiger partial charge on any atom is -0.368 e. The van der Waals surface area contributed by atoms with Gasteiger partial charge in [-0.25, -0.2) is 4.98 Å². The zero-order valence-corrected chi connectivity index (χ0v) is 17.0. The predicted molar refractivity (Wildman–Crippen MR) is 115 cm³/mol. The summed E-state index contributed by atoms with van der Waals surface area (Å²) in [7, 11) is 0. The van der Waals surface area contributed by atoms with Crippen LogP contribution in [0.3, 0.4) is 0 Å². The van der Waals surface area contributed by atoms with Gasteiger partial charge in [-0.1, -0.05) is 29.8 Å². The molecule has 1 fully saturated rings. The number of carbonyl (C=O) groups excluding carboxylic acids is 1. The Balaban J connectivity index is 1.36. The number of benzene rings is 2. The van der Waals surface area contributed by atoms with Crippen LogP contribution in [0.5, 0.6) is 0 Å². The average molecular weight is 390 g/mol. The van der Waals surface area contributed by atoms with Crippen LogP contribution in [0.15, 0.2) is 53.6 Å². The van der Waals surface area contributed by atoms with Crippen molar-refractivity contribution < 1.29 is 4.79 Å². The Morgan fingerprint density at radius 3 is 2.55 bits per heavy atom. The molecule has 6 nitrogen and oxygen atoms in total. The number of carbonyl (C=O) groups is 1. The van der Waals surface area contributed by atoms with Crippen LogP contribution < -0.4 is 10.5 Å². The fourth-order valence-electron chi connectivity index (χ4n) is 4.00. The van der Waals surface area contributed by atoms with Gasteiger partial charge in [0.1, 0.15) is 0 Å². The second-order valence-corrected chi connectivity index (χ2v) is 7.67. The highest BCUT2D eigenvalue weighted by molar-refractivity contribution is 5.78. The first-order chi connectivity index (χ1) is 14.0. The number of aryl methyl sites for hydroxylation is 3. The van der Waals surface area contributed by atoms with Gasteiger partial charge in [0, 0.05) is 44.8 Å². The van der Waals surface area contributed by atoms with Gasteiger partial charge in [-0.2, -0.15) is 0 Å². The molecular formula is C23H26N4O2. The van der Waals surface area contributed by atoms with E-state index < -0.39 is 0 Å². The van der Waals surface area contributed by atoms with E-state index >= 15 is 0 Å². The summed E-state index contributed by atoms with van der Waals surface area (Å²) < 4.78 is 1.53. The van der Waals surface area contributed by atoms with Crippen molar-refractivity contribution in [3.05, 3.63) is 70.3 Å². The molecule has 0 saturated carbocycles. The highest BCUT2D eigenvalue weighted by Crippen LogP contribution is 2.22. The Morgan fingerprint density at radius 1 is 1.03 bits per heavy atom. The summed E-state index contributed by atoms with van der Waals surface area (Å²) in [5.41, 5.74) is 4.37. The van der Waals surface area contributed by atoms with Crippen molar-refractivity contribution in [1.82, 2.24) is 14.5 Å². The van der Waals surface area contributed by atoms with Crippen molar-refractivity contribution in [2.24, 2.45) is 0 Å². The molecule has 1 aliphatic heterocycles. The highest BCUT2D eigenvalue weighted by atomic mass is 16.2. The Bertz CT molecular complexity index is 1100. The lowest BCUT2D eigenvalue weighted by Gasteiger charge is -2.37. The fraction of sp³-hybridized carbons (Fsp3) is 0.348. The molecule has 0 spiro atoms. The normalized spacial score (nSPS) is 14.4. The van der Waals surface area contributed by atoms with E-state index in [4.69, 9.17) is 0 Å². The molecule has 29 heavy (non-hydrogen) atoms. The Hall–Kier alpha value is -3.15. The summed E-state index contributed by atoms with van der Waals surface area (Å²) in [4.78, 5) is 33.8. The summed E-state index contributed by atoms with van der Waals surface area (Å²) in [5.74, 6) is 0.0883. The number of aromatic nitrogens is 2. The van der Waals surface area contributed by atoms with Crippen LogP contribution in [0.25, 0.3) is 10.9 Å². The molecule has 1 saturated heterocycles. The molecule has 0 radical (unpaired) electrons. The second-order valence-electron chi connectivity index (χ2n) is 7.67. The molecule has 0 N–H and O–H groups in total. The largest absolute Gasteiger partial charge is 0.368 e. The van der Waals surface area contributed by atoms with Gasteiger partial charge in [0.05, 0.1) is 17.2 Å². The zero-order chi connectivity index (χ0) is 20.4. The van der Waals surface area contributed by atoms with E-state index in [0.717, 1.165) is 13.1 Å². The van der Waals surface area contributed by atoms with E-state index in [1.54, 1.807) is 6.07 Å². The van der Waals surface area contributed by atoms with Crippen molar-refractivity contribution >= 4 is 22.5 Å². The number of para-hydroxylation sites is 1. The number of amides is 1. The number of hydrogen-bond acceptors (Lipinski definition) is 4. The Morgan fingerprint density at radius 2 is 1.79 bits per heavy atom. The lowest BCUT2D eigenvalue weighted by Crippen LogP contribution is -2.49. The predicted octanol–water partition coefficient (Wildman–Crippen LogP) is 2.75. The van der Waals surface area contributed by atoms with E-state index in [1.165, 1.54) is 27.7 Å². The highest BCUT2D eigenvalue weighted by Gasteiger charge is 2.22. The van der Waals surface area contributed by atoms with Gasteiger partial charge >= 0.3 is 0 Å². The summed E-state index contributed by atoms with van der Waals surface area (Å²) in [6, 6.07) is 13.8. The lowest BCUT2D eigenvalue weighted by atomic mass is 10.1. The van der Waals surface area contributed by atoms with Crippen molar-refractivity contribution in [1.29, 1.82) is 0 Å². The number of nitrogens with zero attached hydrogens (tertiary/aromatic N) is 4. The van der Waals surface area contributed by atoms with Crippen LogP contribution in [0.1, 0.15) is 17.5 Å². The van der Waals surface area contributed by atoms with Gasteiger partial charge < -0.3 is 9.80 Å². The SMILES string of the molecule is Cc1ccc(N2CCN(C(=O)CCn3cnc4ccccc4c3=O)CC2)c(C)c1. The maximum Gasteiger partial charge on any atom is 0.261 e. The van der Waals surface area contributed by atoms with Crippen LogP contribution in [0.4, 0.5) is 5.69 Å². The molecule has 0 aliphatic carbocycles. The van der Waals surface area contributed by atoms with Crippen LogP contribution in [-0.4, -0.2) is 46.5 Å². The third-order valence-corrected chi connectivity index (χ3v) is 5.62. The average Bonchev–Trinajstić information content (AvgIpc) is 2.73. The van der Waals surface area contributed by atoms with Gasteiger partial charge in [0.15, 0.2) is 0 Å². The maximum atomic E-state index is 12.7. The number of piperazine rings is 1. The van der Waals surface area contributed by atoms with Gasteiger partial charge in [-0.15, -0.1) is 0 Å². The Kier molecular flexibility index (Phi) is 5.34. The molecule has 2 aromatic carbocycles. The van der Waals surface area contributed by atoms with E-state index in [9.17, 15) is 9.59 Å². The summed E-state index contributed by atoms with van der Waals surface area (Å²) in [5, 5.41) is 0.588. The summed E-state index contributed by atoms with van der Waals surface area (Å²) in [6.45, 7) is 7.65. The molecule has 3 aromatic rings. The smallest absolute Gasteiger partial charge is 0.261 e. The van der Waals surface area contributed by atoms with E-state index in [2.05, 4.69) is 41.9 Å². The molecule has 0 bridgehead atoms. The standard InChI is InChI=1S/C23H26N4O2/c1-17-7-8-21(18(2)15-17)25-11-13-26(14-12-25)22(28)9-10-27-16-24-20-6-4-3-5-19(20)23(27)29/h3-8,15-16H,9-14H2,1-2H3. The molecule has 0 unspecified atom stereocenters. The molecule has 1 aliphatic rings. The first-order valence-electron chi connectivity index (χ1n) is 10.1. The molecule has 1 amide bonds. The molecular weight excluding hydrogens is 364 g/mol. The molecule has 2 heterocycles. The molecule has 1 aromatic heterocycles.